The maximum atomic E-state index is 11.5. The van der Waals surface area contributed by atoms with E-state index in [2.05, 4.69) is 6.92 Å². The van der Waals surface area contributed by atoms with E-state index in [0.717, 1.165) is 18.4 Å². The molecule has 0 atom stereocenters. The average molecular weight is 194 g/mol. The molecule has 0 spiro atoms. The van der Waals surface area contributed by atoms with E-state index in [1.54, 1.807) is 0 Å². The molecule has 1 nitrogen and oxygen atoms in total. The van der Waals surface area contributed by atoms with Crippen LogP contribution in [0.15, 0.2) is 24.3 Å². The number of benzene rings is 1. The molecule has 70 valence electrons. The molecule has 0 amide bonds. The quantitative estimate of drug-likeness (QED) is 0.735. The fraction of sp³-hybridized carbons (Fsp3) is 0.364. The van der Waals surface area contributed by atoms with Gasteiger partial charge in [-0.05, 0) is 18.2 Å². The Morgan fingerprint density at radius 1 is 1.38 bits per heavy atom. The van der Waals surface area contributed by atoms with Gasteiger partial charge in [-0.2, -0.15) is 0 Å². The summed E-state index contributed by atoms with van der Waals surface area (Å²) in [6.45, 7) is 2.13. The molecule has 0 saturated carbocycles. The van der Waals surface area contributed by atoms with Crippen LogP contribution in [-0.2, 0) is 6.42 Å². The second-order valence-corrected chi connectivity index (χ2v) is 3.68. The lowest BCUT2D eigenvalue weighted by molar-refractivity contribution is 0.108. The molecule has 0 aromatic heterocycles. The van der Waals surface area contributed by atoms with E-state index in [1.807, 2.05) is 30.5 Å². The Kier molecular flexibility index (Phi) is 4.03. The van der Waals surface area contributed by atoms with Gasteiger partial charge in [-0.3, -0.25) is 4.79 Å². The molecule has 0 aliphatic heterocycles. The maximum absolute atomic E-state index is 11.5. The van der Waals surface area contributed by atoms with Gasteiger partial charge in [0.05, 0.1) is 0 Å². The topological polar surface area (TPSA) is 17.1 Å². The largest absolute Gasteiger partial charge is 0.282 e. The molecule has 0 N–H and O–H groups in total. The summed E-state index contributed by atoms with van der Waals surface area (Å²) in [5, 5.41) is 0.170. The highest BCUT2D eigenvalue weighted by atomic mass is 32.2. The lowest BCUT2D eigenvalue weighted by Crippen LogP contribution is -1.98. The van der Waals surface area contributed by atoms with Gasteiger partial charge >= 0.3 is 0 Å². The summed E-state index contributed by atoms with van der Waals surface area (Å²) in [5.74, 6) is 0. The van der Waals surface area contributed by atoms with Gasteiger partial charge in [-0.15, -0.1) is 0 Å². The van der Waals surface area contributed by atoms with E-state index in [9.17, 15) is 4.79 Å². The Balaban J connectivity index is 2.97. The number of aryl methyl sites for hydroxylation is 1. The molecule has 2 heteroatoms. The van der Waals surface area contributed by atoms with Gasteiger partial charge < -0.3 is 0 Å². The summed E-state index contributed by atoms with van der Waals surface area (Å²) < 4.78 is 0. The van der Waals surface area contributed by atoms with Crippen molar-refractivity contribution in [2.45, 2.75) is 19.8 Å². The number of hydrogen-bond acceptors (Lipinski definition) is 2. The van der Waals surface area contributed by atoms with Crippen LogP contribution in [-0.4, -0.2) is 11.4 Å². The van der Waals surface area contributed by atoms with Crippen molar-refractivity contribution in [2.75, 3.05) is 6.26 Å². The van der Waals surface area contributed by atoms with E-state index in [4.69, 9.17) is 0 Å². The summed E-state index contributed by atoms with van der Waals surface area (Å²) in [5.41, 5.74) is 2.04. The van der Waals surface area contributed by atoms with Crippen LogP contribution < -0.4 is 0 Å². The first-order valence-electron chi connectivity index (χ1n) is 4.45. The van der Waals surface area contributed by atoms with Gasteiger partial charge in [0.1, 0.15) is 0 Å². The van der Waals surface area contributed by atoms with Crippen molar-refractivity contribution in [2.24, 2.45) is 0 Å². The van der Waals surface area contributed by atoms with E-state index in [-0.39, 0.29) is 5.12 Å². The minimum Gasteiger partial charge on any atom is -0.282 e. The minimum absolute atomic E-state index is 0.170. The fourth-order valence-corrected chi connectivity index (χ4v) is 1.74. The Morgan fingerprint density at radius 3 is 2.69 bits per heavy atom. The zero-order valence-corrected chi connectivity index (χ0v) is 8.86. The van der Waals surface area contributed by atoms with Crippen LogP contribution in [0.4, 0.5) is 0 Å². The molecular formula is C11H14OS. The third kappa shape index (κ3) is 2.59. The highest BCUT2D eigenvalue weighted by molar-refractivity contribution is 8.13. The summed E-state index contributed by atoms with van der Waals surface area (Å²) in [6.07, 6.45) is 3.90. The normalized spacial score (nSPS) is 10.0. The van der Waals surface area contributed by atoms with Crippen LogP contribution in [0.1, 0.15) is 29.3 Å². The standard InChI is InChI=1S/C11H14OS/c1-3-6-9-7-4-5-8-10(9)11(12)13-2/h4-5,7-8H,3,6H2,1-2H3. The summed E-state index contributed by atoms with van der Waals surface area (Å²) in [4.78, 5) is 11.5. The molecule has 0 unspecified atom stereocenters. The maximum Gasteiger partial charge on any atom is 0.219 e. The fourth-order valence-electron chi connectivity index (χ4n) is 1.32. The molecule has 0 fully saturated rings. The molecule has 1 aromatic carbocycles. The third-order valence-corrected chi connectivity index (χ3v) is 2.53. The van der Waals surface area contributed by atoms with Gasteiger partial charge in [-0.1, -0.05) is 49.4 Å². The Hall–Kier alpha value is -0.760. The van der Waals surface area contributed by atoms with Crippen molar-refractivity contribution in [1.29, 1.82) is 0 Å². The predicted octanol–water partition coefficient (Wildman–Crippen LogP) is 3.14. The van der Waals surface area contributed by atoms with Crippen LogP contribution in [0.2, 0.25) is 0 Å². The van der Waals surface area contributed by atoms with Gasteiger partial charge in [0, 0.05) is 5.56 Å². The first-order valence-corrected chi connectivity index (χ1v) is 5.68. The average Bonchev–Trinajstić information content (AvgIpc) is 2.18. The number of carbonyl (C=O) groups is 1. The van der Waals surface area contributed by atoms with Crippen molar-refractivity contribution in [1.82, 2.24) is 0 Å². The lowest BCUT2D eigenvalue weighted by atomic mass is 10.0. The van der Waals surface area contributed by atoms with E-state index >= 15 is 0 Å². The summed E-state index contributed by atoms with van der Waals surface area (Å²) in [7, 11) is 0. The molecular weight excluding hydrogens is 180 g/mol. The molecule has 0 aliphatic rings. The zero-order valence-electron chi connectivity index (χ0n) is 8.04. The minimum atomic E-state index is 0.170. The summed E-state index contributed by atoms with van der Waals surface area (Å²) >= 11 is 1.28. The van der Waals surface area contributed by atoms with Gasteiger partial charge in [0.2, 0.25) is 5.12 Å². The van der Waals surface area contributed by atoms with Crippen molar-refractivity contribution < 1.29 is 4.79 Å². The van der Waals surface area contributed by atoms with E-state index in [1.165, 1.54) is 17.3 Å². The highest BCUT2D eigenvalue weighted by Crippen LogP contribution is 2.16. The molecule has 1 rings (SSSR count). The van der Waals surface area contributed by atoms with E-state index in [0.29, 0.717) is 0 Å². The Morgan fingerprint density at radius 2 is 2.08 bits per heavy atom. The van der Waals surface area contributed by atoms with Gasteiger partial charge in [0.25, 0.3) is 0 Å². The van der Waals surface area contributed by atoms with Gasteiger partial charge in [-0.25, -0.2) is 0 Å². The second-order valence-electron chi connectivity index (χ2n) is 2.90. The van der Waals surface area contributed by atoms with Crippen LogP contribution >= 0.6 is 11.8 Å². The molecule has 0 saturated heterocycles. The molecule has 13 heavy (non-hydrogen) atoms. The first kappa shape index (κ1) is 10.3. The monoisotopic (exact) mass is 194 g/mol. The van der Waals surface area contributed by atoms with Crippen molar-refractivity contribution in [3.05, 3.63) is 35.4 Å². The third-order valence-electron chi connectivity index (χ3n) is 1.94. The second kappa shape index (κ2) is 5.07. The van der Waals surface area contributed by atoms with Crippen LogP contribution in [0.3, 0.4) is 0 Å². The van der Waals surface area contributed by atoms with Crippen LogP contribution in [0.5, 0.6) is 0 Å². The number of thioether (sulfide) groups is 1. The molecule has 0 bridgehead atoms. The first-order chi connectivity index (χ1) is 6.29. The van der Waals surface area contributed by atoms with Crippen LogP contribution in [0.25, 0.3) is 0 Å². The predicted molar refractivity (Wildman–Crippen MR) is 58.3 cm³/mol. The molecule has 0 aliphatic carbocycles. The zero-order chi connectivity index (χ0) is 9.68. The Labute approximate surface area is 83.5 Å². The SMILES string of the molecule is CCCc1ccccc1C(=O)SC. The van der Waals surface area contributed by atoms with Crippen molar-refractivity contribution in [3.63, 3.8) is 0 Å². The molecule has 0 heterocycles. The highest BCUT2D eigenvalue weighted by Gasteiger charge is 2.07. The van der Waals surface area contributed by atoms with Gasteiger partial charge in [0.15, 0.2) is 0 Å². The number of carbonyl (C=O) groups excluding carboxylic acids is 1. The molecule has 1 aromatic rings. The van der Waals surface area contributed by atoms with Crippen LogP contribution in [0, 0.1) is 0 Å². The number of rotatable bonds is 3. The Bertz CT molecular complexity index is 294. The lowest BCUT2D eigenvalue weighted by Gasteiger charge is -2.04. The van der Waals surface area contributed by atoms with Crippen molar-refractivity contribution in [3.8, 4) is 0 Å². The smallest absolute Gasteiger partial charge is 0.219 e. The molecule has 0 radical (unpaired) electrons. The summed E-state index contributed by atoms with van der Waals surface area (Å²) in [6, 6.07) is 7.85. The van der Waals surface area contributed by atoms with Crippen molar-refractivity contribution >= 4 is 16.9 Å². The number of hydrogen-bond donors (Lipinski definition) is 0. The van der Waals surface area contributed by atoms with E-state index < -0.39 is 0 Å².